The third kappa shape index (κ3) is 2.81. The first-order valence-corrected chi connectivity index (χ1v) is 5.48. The second-order valence-electron chi connectivity index (χ2n) is 4.19. The van der Waals surface area contributed by atoms with Gasteiger partial charge in [-0.3, -0.25) is 4.98 Å². The zero-order valence-corrected chi connectivity index (χ0v) is 8.74. The molecule has 1 saturated carbocycles. The molecule has 1 aliphatic carbocycles. The predicted molar refractivity (Wildman–Crippen MR) is 58.1 cm³/mol. The van der Waals surface area contributed by atoms with Gasteiger partial charge in [-0.15, -0.1) is 0 Å². The zero-order chi connectivity index (χ0) is 9.80. The van der Waals surface area contributed by atoms with Crippen LogP contribution in [0.3, 0.4) is 0 Å². The smallest absolute Gasteiger partial charge is 0.0300 e. The van der Waals surface area contributed by atoms with E-state index in [-0.39, 0.29) is 0 Å². The third-order valence-electron chi connectivity index (χ3n) is 2.93. The Balaban J connectivity index is 1.67. The van der Waals surface area contributed by atoms with Gasteiger partial charge in [-0.05, 0) is 50.3 Å². The van der Waals surface area contributed by atoms with Crippen molar-refractivity contribution in [3.63, 3.8) is 0 Å². The van der Waals surface area contributed by atoms with E-state index in [0.717, 1.165) is 18.9 Å². The van der Waals surface area contributed by atoms with Crippen LogP contribution in [0, 0.1) is 5.92 Å². The molecule has 76 valence electrons. The Morgan fingerprint density at radius 3 is 3.07 bits per heavy atom. The number of hydrogen-bond acceptors (Lipinski definition) is 2. The number of rotatable bonds is 5. The molecule has 1 aromatic rings. The van der Waals surface area contributed by atoms with Crippen LogP contribution in [-0.4, -0.2) is 17.6 Å². The highest BCUT2D eigenvalue weighted by atomic mass is 14.9. The van der Waals surface area contributed by atoms with E-state index < -0.39 is 0 Å². The maximum absolute atomic E-state index is 4.10. The van der Waals surface area contributed by atoms with Gasteiger partial charge in [0.2, 0.25) is 0 Å². The molecule has 1 heterocycles. The van der Waals surface area contributed by atoms with E-state index in [2.05, 4.69) is 23.3 Å². The molecule has 2 nitrogen and oxygen atoms in total. The van der Waals surface area contributed by atoms with Crippen LogP contribution in [0.5, 0.6) is 0 Å². The summed E-state index contributed by atoms with van der Waals surface area (Å²) in [7, 11) is 0. The van der Waals surface area contributed by atoms with Crippen molar-refractivity contribution in [3.8, 4) is 0 Å². The van der Waals surface area contributed by atoms with Crippen molar-refractivity contribution in [2.45, 2.75) is 32.2 Å². The Labute approximate surface area is 85.7 Å². The minimum absolute atomic E-state index is 0.701. The van der Waals surface area contributed by atoms with Gasteiger partial charge in [0.1, 0.15) is 0 Å². The van der Waals surface area contributed by atoms with E-state index >= 15 is 0 Å². The van der Waals surface area contributed by atoms with Gasteiger partial charge in [0.15, 0.2) is 0 Å². The van der Waals surface area contributed by atoms with Gasteiger partial charge < -0.3 is 5.32 Å². The molecule has 0 radical (unpaired) electrons. The maximum Gasteiger partial charge on any atom is 0.0300 e. The molecule has 0 aromatic carbocycles. The van der Waals surface area contributed by atoms with Crippen molar-refractivity contribution >= 4 is 0 Å². The molecular formula is C12H18N2. The Hall–Kier alpha value is -0.890. The highest BCUT2D eigenvalue weighted by molar-refractivity contribution is 5.08. The van der Waals surface area contributed by atoms with Gasteiger partial charge in [0, 0.05) is 18.4 Å². The Morgan fingerprint density at radius 1 is 1.57 bits per heavy atom. The zero-order valence-electron chi connectivity index (χ0n) is 8.74. The molecule has 0 amide bonds. The van der Waals surface area contributed by atoms with Gasteiger partial charge in [-0.25, -0.2) is 0 Å². The summed E-state index contributed by atoms with van der Waals surface area (Å²) in [6.45, 7) is 3.37. The number of aromatic nitrogens is 1. The van der Waals surface area contributed by atoms with Crippen molar-refractivity contribution in [1.82, 2.24) is 10.3 Å². The molecule has 1 aromatic heterocycles. The molecule has 1 unspecified atom stereocenters. The van der Waals surface area contributed by atoms with Crippen molar-refractivity contribution in [3.05, 3.63) is 30.1 Å². The van der Waals surface area contributed by atoms with Crippen molar-refractivity contribution in [1.29, 1.82) is 0 Å². The Morgan fingerprint density at radius 2 is 2.43 bits per heavy atom. The minimum atomic E-state index is 0.701. The van der Waals surface area contributed by atoms with Crippen LogP contribution in [0.1, 0.15) is 25.3 Å². The van der Waals surface area contributed by atoms with Gasteiger partial charge in [-0.1, -0.05) is 6.07 Å². The molecule has 1 atom stereocenters. The van der Waals surface area contributed by atoms with E-state index in [1.54, 1.807) is 0 Å². The van der Waals surface area contributed by atoms with E-state index in [9.17, 15) is 0 Å². The molecule has 2 rings (SSSR count). The van der Waals surface area contributed by atoms with Gasteiger partial charge in [-0.2, -0.15) is 0 Å². The lowest BCUT2D eigenvalue weighted by atomic mass is 10.2. The van der Waals surface area contributed by atoms with Crippen LogP contribution in [0.2, 0.25) is 0 Å². The standard InChI is InChI=1S/C12H18N2/c1-10(12-4-5-12)14-8-6-11-3-2-7-13-9-11/h2-3,7,9-10,12,14H,4-6,8H2,1H3. The van der Waals surface area contributed by atoms with Gasteiger partial charge >= 0.3 is 0 Å². The quantitative estimate of drug-likeness (QED) is 0.768. The molecule has 1 aliphatic rings. The van der Waals surface area contributed by atoms with E-state index in [1.165, 1.54) is 18.4 Å². The molecule has 0 aliphatic heterocycles. The fourth-order valence-corrected chi connectivity index (χ4v) is 1.75. The molecule has 0 spiro atoms. The van der Waals surface area contributed by atoms with Gasteiger partial charge in [0.05, 0.1) is 0 Å². The van der Waals surface area contributed by atoms with Crippen molar-refractivity contribution < 1.29 is 0 Å². The lowest BCUT2D eigenvalue weighted by Gasteiger charge is -2.11. The number of nitrogens with zero attached hydrogens (tertiary/aromatic N) is 1. The predicted octanol–water partition coefficient (Wildman–Crippen LogP) is 2.01. The van der Waals surface area contributed by atoms with Crippen LogP contribution in [0.4, 0.5) is 0 Å². The van der Waals surface area contributed by atoms with Crippen LogP contribution >= 0.6 is 0 Å². The molecule has 1 fully saturated rings. The topological polar surface area (TPSA) is 24.9 Å². The second kappa shape index (κ2) is 4.56. The maximum atomic E-state index is 4.10. The monoisotopic (exact) mass is 190 g/mol. The van der Waals surface area contributed by atoms with E-state index in [0.29, 0.717) is 6.04 Å². The molecule has 0 bridgehead atoms. The van der Waals surface area contributed by atoms with E-state index in [4.69, 9.17) is 0 Å². The highest BCUT2D eigenvalue weighted by Gasteiger charge is 2.26. The minimum Gasteiger partial charge on any atom is -0.314 e. The third-order valence-corrected chi connectivity index (χ3v) is 2.93. The van der Waals surface area contributed by atoms with Crippen LogP contribution in [0.15, 0.2) is 24.5 Å². The Bertz CT molecular complexity index is 267. The summed E-state index contributed by atoms with van der Waals surface area (Å²) in [5.41, 5.74) is 1.32. The number of pyridine rings is 1. The van der Waals surface area contributed by atoms with Crippen molar-refractivity contribution in [2.24, 2.45) is 5.92 Å². The molecule has 0 saturated heterocycles. The average Bonchev–Trinajstić information content (AvgIpc) is 3.02. The number of nitrogens with one attached hydrogen (secondary N) is 1. The average molecular weight is 190 g/mol. The van der Waals surface area contributed by atoms with Crippen LogP contribution < -0.4 is 5.32 Å². The van der Waals surface area contributed by atoms with Crippen molar-refractivity contribution in [2.75, 3.05) is 6.54 Å². The SMILES string of the molecule is CC(NCCc1cccnc1)C1CC1. The fraction of sp³-hybridized carbons (Fsp3) is 0.583. The molecular weight excluding hydrogens is 172 g/mol. The first-order chi connectivity index (χ1) is 6.86. The number of hydrogen-bond donors (Lipinski definition) is 1. The van der Waals surface area contributed by atoms with Crippen LogP contribution in [-0.2, 0) is 6.42 Å². The molecule has 2 heteroatoms. The lowest BCUT2D eigenvalue weighted by molar-refractivity contribution is 0.500. The second-order valence-corrected chi connectivity index (χ2v) is 4.19. The summed E-state index contributed by atoms with van der Waals surface area (Å²) in [5, 5.41) is 3.57. The summed E-state index contributed by atoms with van der Waals surface area (Å²) in [6, 6.07) is 4.84. The molecule has 14 heavy (non-hydrogen) atoms. The highest BCUT2D eigenvalue weighted by Crippen LogP contribution is 2.32. The summed E-state index contributed by atoms with van der Waals surface area (Å²) in [5.74, 6) is 0.948. The lowest BCUT2D eigenvalue weighted by Crippen LogP contribution is -2.29. The summed E-state index contributed by atoms with van der Waals surface area (Å²) in [6.07, 6.45) is 7.69. The first-order valence-electron chi connectivity index (χ1n) is 5.48. The molecule has 1 N–H and O–H groups in total. The summed E-state index contributed by atoms with van der Waals surface area (Å²) >= 11 is 0. The normalized spacial score (nSPS) is 18.1. The van der Waals surface area contributed by atoms with Crippen LogP contribution in [0.25, 0.3) is 0 Å². The van der Waals surface area contributed by atoms with E-state index in [1.807, 2.05) is 18.5 Å². The fourth-order valence-electron chi connectivity index (χ4n) is 1.75. The van der Waals surface area contributed by atoms with Gasteiger partial charge in [0.25, 0.3) is 0 Å². The largest absolute Gasteiger partial charge is 0.314 e. The summed E-state index contributed by atoms with van der Waals surface area (Å²) in [4.78, 5) is 4.10. The Kier molecular flexibility index (Phi) is 3.14. The summed E-state index contributed by atoms with van der Waals surface area (Å²) < 4.78 is 0. The first kappa shape index (κ1) is 9.66.